The average molecular weight is 511 g/mol. The molecule has 2 N–H and O–H groups in total. The fourth-order valence-electron chi connectivity index (χ4n) is 5.84. The van der Waals surface area contributed by atoms with E-state index in [1.807, 2.05) is 18.2 Å². The minimum absolute atomic E-state index is 0.00403. The van der Waals surface area contributed by atoms with Crippen LogP contribution in [0.15, 0.2) is 34.9 Å². The van der Waals surface area contributed by atoms with E-state index in [0.717, 1.165) is 43.2 Å². The number of carbonyl (C=O) groups excluding carboxylic acids is 1. The van der Waals surface area contributed by atoms with Gasteiger partial charge in [-0.2, -0.15) is 0 Å². The maximum absolute atomic E-state index is 12.7. The Balaban J connectivity index is 1.33. The molecule has 0 unspecified atom stereocenters. The van der Waals surface area contributed by atoms with Crippen LogP contribution in [0.25, 0.3) is 0 Å². The Bertz CT molecular complexity index is 1060. The normalized spacial score (nSPS) is 22.9. The molecule has 0 saturated carbocycles. The summed E-state index contributed by atoms with van der Waals surface area (Å²) in [7, 11) is 0. The van der Waals surface area contributed by atoms with Crippen molar-refractivity contribution in [3.05, 3.63) is 53.2 Å². The van der Waals surface area contributed by atoms with Crippen molar-refractivity contribution in [2.24, 2.45) is 11.3 Å². The van der Waals surface area contributed by atoms with E-state index >= 15 is 0 Å². The molecular weight excluding hydrogens is 468 g/mol. The lowest BCUT2D eigenvalue weighted by Gasteiger charge is -2.26. The van der Waals surface area contributed by atoms with Gasteiger partial charge in [0, 0.05) is 18.9 Å². The number of aryl methyl sites for hydroxylation is 1. The number of carboxylic acid groups (broad SMARTS) is 1. The maximum Gasteiger partial charge on any atom is 0.303 e. The van der Waals surface area contributed by atoms with Crippen molar-refractivity contribution >= 4 is 11.9 Å². The van der Waals surface area contributed by atoms with E-state index in [1.165, 1.54) is 25.5 Å². The Labute approximate surface area is 220 Å². The van der Waals surface area contributed by atoms with E-state index in [0.29, 0.717) is 30.0 Å². The molecule has 2 aliphatic heterocycles. The van der Waals surface area contributed by atoms with Gasteiger partial charge in [-0.3, -0.25) is 9.59 Å². The van der Waals surface area contributed by atoms with Gasteiger partial charge in [-0.25, -0.2) is 4.98 Å². The zero-order valence-corrected chi connectivity index (χ0v) is 22.5. The van der Waals surface area contributed by atoms with Crippen LogP contribution in [0.5, 0.6) is 0 Å². The van der Waals surface area contributed by atoms with Crippen LogP contribution in [-0.2, 0) is 22.4 Å². The van der Waals surface area contributed by atoms with Crippen molar-refractivity contribution in [1.29, 1.82) is 0 Å². The number of ether oxygens (including phenoxy) is 1. The Kier molecular flexibility index (Phi) is 9.06. The van der Waals surface area contributed by atoms with Gasteiger partial charge in [0.05, 0.1) is 18.1 Å². The first-order chi connectivity index (χ1) is 17.7. The lowest BCUT2D eigenvalue weighted by molar-refractivity contribution is -0.136. The summed E-state index contributed by atoms with van der Waals surface area (Å²) >= 11 is 0. The fourth-order valence-corrected chi connectivity index (χ4v) is 5.84. The minimum atomic E-state index is -0.790. The number of oxazole rings is 1. The lowest BCUT2D eigenvalue weighted by Crippen LogP contribution is -2.28. The molecule has 2 bridgehead atoms. The summed E-state index contributed by atoms with van der Waals surface area (Å²) in [5.74, 6) is -0.220. The number of carboxylic acids is 1. The molecule has 7 nitrogen and oxygen atoms in total. The average Bonchev–Trinajstić information content (AvgIpc) is 3.59. The Morgan fingerprint density at radius 2 is 1.78 bits per heavy atom. The SMILES string of the molecule is CC(C)(C)CCCCCCNC(=O)c1coc([C@H]2[C@@H](Cc3ccccc3CCC(=O)O)[C@@H]3CC[C@H]2O3)n1. The predicted octanol–water partition coefficient (Wildman–Crippen LogP) is 5.92. The number of aliphatic carboxylic acids is 1. The molecule has 1 aromatic carbocycles. The second kappa shape index (κ2) is 12.2. The Hall–Kier alpha value is -2.67. The molecule has 37 heavy (non-hydrogen) atoms. The third-order valence-corrected chi connectivity index (χ3v) is 7.79. The summed E-state index contributed by atoms with van der Waals surface area (Å²) in [6.07, 6.45) is 10.7. The molecule has 2 fully saturated rings. The summed E-state index contributed by atoms with van der Waals surface area (Å²) in [4.78, 5) is 28.4. The van der Waals surface area contributed by atoms with Gasteiger partial charge < -0.3 is 19.6 Å². The summed E-state index contributed by atoms with van der Waals surface area (Å²) in [5, 5.41) is 12.1. The number of hydrogen-bond donors (Lipinski definition) is 2. The molecular formula is C30H42N2O5. The quantitative estimate of drug-likeness (QED) is 0.324. The molecule has 7 heteroatoms. The van der Waals surface area contributed by atoms with Gasteiger partial charge in [0.15, 0.2) is 5.69 Å². The first-order valence-corrected chi connectivity index (χ1v) is 13.9. The first kappa shape index (κ1) is 27.4. The maximum atomic E-state index is 12.7. The summed E-state index contributed by atoms with van der Waals surface area (Å²) < 4.78 is 12.1. The van der Waals surface area contributed by atoms with E-state index < -0.39 is 5.97 Å². The molecule has 2 saturated heterocycles. The molecule has 4 rings (SSSR count). The second-order valence-corrected chi connectivity index (χ2v) is 11.9. The van der Waals surface area contributed by atoms with Crippen LogP contribution < -0.4 is 5.32 Å². The van der Waals surface area contributed by atoms with Crippen molar-refractivity contribution in [3.8, 4) is 0 Å². The van der Waals surface area contributed by atoms with E-state index in [2.05, 4.69) is 37.1 Å². The van der Waals surface area contributed by atoms with Crippen molar-refractivity contribution < 1.29 is 23.8 Å². The number of aromatic nitrogens is 1. The highest BCUT2D eigenvalue weighted by Crippen LogP contribution is 2.50. The molecule has 2 aliphatic rings. The molecule has 3 heterocycles. The zero-order valence-electron chi connectivity index (χ0n) is 22.5. The number of amides is 1. The van der Waals surface area contributed by atoms with Gasteiger partial charge in [0.1, 0.15) is 6.26 Å². The smallest absolute Gasteiger partial charge is 0.303 e. The van der Waals surface area contributed by atoms with Crippen LogP contribution in [0.1, 0.15) is 106 Å². The highest BCUT2D eigenvalue weighted by atomic mass is 16.5. The van der Waals surface area contributed by atoms with Gasteiger partial charge >= 0.3 is 5.97 Å². The number of hydrogen-bond acceptors (Lipinski definition) is 5. The van der Waals surface area contributed by atoms with Gasteiger partial charge in [0.2, 0.25) is 5.89 Å². The molecule has 0 aliphatic carbocycles. The van der Waals surface area contributed by atoms with Crippen LogP contribution >= 0.6 is 0 Å². The molecule has 2 aromatic rings. The van der Waals surface area contributed by atoms with Crippen LogP contribution in [0.2, 0.25) is 0 Å². The van der Waals surface area contributed by atoms with Crippen molar-refractivity contribution in [3.63, 3.8) is 0 Å². The summed E-state index contributed by atoms with van der Waals surface area (Å²) in [6.45, 7) is 7.45. The molecule has 0 spiro atoms. The summed E-state index contributed by atoms with van der Waals surface area (Å²) in [6, 6.07) is 8.05. The topological polar surface area (TPSA) is 102 Å². The Morgan fingerprint density at radius 3 is 2.54 bits per heavy atom. The van der Waals surface area contributed by atoms with Crippen molar-refractivity contribution in [2.45, 2.75) is 103 Å². The standard InChI is InChI=1S/C30H42N2O5/c1-30(2,3)16-8-4-5-9-17-31-28(35)23-19-36-29(32-23)27-22(24-13-14-25(27)37-24)18-21-11-7-6-10-20(21)12-15-26(33)34/h6-7,10-11,19,22,24-25,27H,4-5,8-9,12-18H2,1-3H3,(H,31,35)(H,33,34)/t22-,24-,25+,27-/m0/s1. The summed E-state index contributed by atoms with van der Waals surface area (Å²) in [5.41, 5.74) is 2.93. The van der Waals surface area contributed by atoms with Gasteiger partial charge in [-0.05, 0) is 55.1 Å². The monoisotopic (exact) mass is 510 g/mol. The third kappa shape index (κ3) is 7.44. The Morgan fingerprint density at radius 1 is 1.05 bits per heavy atom. The van der Waals surface area contributed by atoms with Crippen LogP contribution in [0.4, 0.5) is 0 Å². The number of unbranched alkanes of at least 4 members (excludes halogenated alkanes) is 3. The third-order valence-electron chi connectivity index (χ3n) is 7.79. The van der Waals surface area contributed by atoms with Crippen molar-refractivity contribution in [1.82, 2.24) is 10.3 Å². The van der Waals surface area contributed by atoms with Gasteiger partial charge in [-0.15, -0.1) is 0 Å². The zero-order chi connectivity index (χ0) is 26.4. The largest absolute Gasteiger partial charge is 0.481 e. The van der Waals surface area contributed by atoms with Gasteiger partial charge in [-0.1, -0.05) is 64.3 Å². The second-order valence-electron chi connectivity index (χ2n) is 11.9. The number of nitrogens with one attached hydrogen (secondary N) is 1. The van der Waals surface area contributed by atoms with E-state index in [4.69, 9.17) is 14.3 Å². The number of fused-ring (bicyclic) bond motifs is 2. The van der Waals surface area contributed by atoms with Crippen LogP contribution in [-0.4, -0.2) is 40.7 Å². The van der Waals surface area contributed by atoms with E-state index in [9.17, 15) is 9.59 Å². The first-order valence-electron chi connectivity index (χ1n) is 13.9. The lowest BCUT2D eigenvalue weighted by atomic mass is 9.75. The number of benzene rings is 1. The predicted molar refractivity (Wildman–Crippen MR) is 142 cm³/mol. The minimum Gasteiger partial charge on any atom is -0.481 e. The van der Waals surface area contributed by atoms with Crippen molar-refractivity contribution in [2.75, 3.05) is 6.54 Å². The van der Waals surface area contributed by atoms with E-state index in [1.54, 1.807) is 0 Å². The highest BCUT2D eigenvalue weighted by Gasteiger charge is 2.51. The molecule has 1 amide bonds. The number of rotatable bonds is 13. The van der Waals surface area contributed by atoms with Crippen LogP contribution in [0, 0.1) is 11.3 Å². The molecule has 0 radical (unpaired) electrons. The van der Waals surface area contributed by atoms with E-state index in [-0.39, 0.29) is 36.4 Å². The number of carbonyl (C=O) groups is 2. The number of nitrogens with zero attached hydrogens (tertiary/aromatic N) is 1. The highest BCUT2D eigenvalue weighted by molar-refractivity contribution is 5.91. The van der Waals surface area contributed by atoms with Crippen LogP contribution in [0.3, 0.4) is 0 Å². The van der Waals surface area contributed by atoms with Gasteiger partial charge in [0.25, 0.3) is 5.91 Å². The molecule has 202 valence electrons. The molecule has 4 atom stereocenters. The fraction of sp³-hybridized carbons (Fsp3) is 0.633. The molecule has 1 aromatic heterocycles.